The van der Waals surface area contributed by atoms with E-state index in [0.717, 1.165) is 33.5 Å². The number of nitrogens with one attached hydrogen (secondary N) is 1. The minimum atomic E-state index is -1.25. The zero-order chi connectivity index (χ0) is 23.0. The summed E-state index contributed by atoms with van der Waals surface area (Å²) in [6, 6.07) is 20.1. The number of fused-ring (bicyclic) bond motifs is 1. The third-order valence-electron chi connectivity index (χ3n) is 6.11. The molecule has 1 aliphatic rings. The van der Waals surface area contributed by atoms with Gasteiger partial charge in [0.25, 0.3) is 0 Å². The molecule has 1 fully saturated rings. The molecule has 5 nitrogen and oxygen atoms in total. The number of pyridine rings is 1. The quantitative estimate of drug-likeness (QED) is 0.338. The van der Waals surface area contributed by atoms with Crippen LogP contribution in [0, 0.1) is 0 Å². The maximum absolute atomic E-state index is 13.2. The molecule has 4 aromatic rings. The summed E-state index contributed by atoms with van der Waals surface area (Å²) >= 11 is -1.25. The molecule has 170 valence electrons. The molecule has 0 amide bonds. The van der Waals surface area contributed by atoms with Crippen LogP contribution in [0.3, 0.4) is 0 Å². The van der Waals surface area contributed by atoms with Crippen molar-refractivity contribution in [3.05, 3.63) is 83.7 Å². The van der Waals surface area contributed by atoms with Gasteiger partial charge in [0.1, 0.15) is 10.4 Å². The summed E-state index contributed by atoms with van der Waals surface area (Å²) in [5.74, 6) is 0.595. The molecule has 1 saturated carbocycles. The molecule has 6 heteroatoms. The monoisotopic (exact) mass is 459 g/mol. The number of hydrogen-bond donors (Lipinski definition) is 1. The lowest BCUT2D eigenvalue weighted by Crippen LogP contribution is -2.42. The molecule has 0 saturated heterocycles. The molecule has 33 heavy (non-hydrogen) atoms. The zero-order valence-electron chi connectivity index (χ0n) is 19.2. The summed E-state index contributed by atoms with van der Waals surface area (Å²) in [6.45, 7) is 5.96. The number of benzene rings is 2. The Hall–Kier alpha value is -2.67. The van der Waals surface area contributed by atoms with Gasteiger partial charge in [-0.2, -0.15) is 0 Å². The Morgan fingerprint density at radius 1 is 1.06 bits per heavy atom. The van der Waals surface area contributed by atoms with Crippen LogP contribution in [0.4, 0.5) is 0 Å². The minimum Gasteiger partial charge on any atom is -0.598 e. The number of para-hydroxylation sites is 1. The van der Waals surface area contributed by atoms with Crippen molar-refractivity contribution in [2.45, 2.75) is 56.7 Å². The summed E-state index contributed by atoms with van der Waals surface area (Å²) < 4.78 is 21.9. The molecule has 0 spiro atoms. The van der Waals surface area contributed by atoms with E-state index in [0.29, 0.717) is 12.3 Å². The normalized spacial score (nSPS) is 16.1. The first-order chi connectivity index (χ1) is 15.9. The standard InChI is InChI=1S/C27H29N3O2S/c1-27(2,3)33(31)30-24(17-23-19(18-14-15-18)12-8-16-28-23)20-9-4-5-10-21(20)26-22-11-6-7-13-25(22)32-29-26/h4-13,16,18,24,30H,14-15,17H2,1-3H3/t24-,33?/m0/s1. The van der Waals surface area contributed by atoms with Crippen molar-refractivity contribution in [2.75, 3.05) is 0 Å². The number of aromatic nitrogens is 2. The molecule has 5 rings (SSSR count). The lowest BCUT2D eigenvalue weighted by molar-refractivity contribution is 0.459. The van der Waals surface area contributed by atoms with E-state index >= 15 is 0 Å². The second-order valence-electron chi connectivity index (χ2n) is 9.68. The van der Waals surface area contributed by atoms with Crippen LogP contribution in [0.25, 0.3) is 22.2 Å². The van der Waals surface area contributed by atoms with Crippen LogP contribution >= 0.6 is 0 Å². The van der Waals surface area contributed by atoms with Crippen molar-refractivity contribution in [2.24, 2.45) is 0 Å². The summed E-state index contributed by atoms with van der Waals surface area (Å²) in [5, 5.41) is 5.37. The van der Waals surface area contributed by atoms with Gasteiger partial charge in [0, 0.05) is 40.6 Å². The fraction of sp³-hybridized carbons (Fsp3) is 0.333. The Bertz CT molecular complexity index is 1260. The number of hydrogen-bond acceptors (Lipinski definition) is 5. The first kappa shape index (κ1) is 22.1. The molecule has 2 atom stereocenters. The Kier molecular flexibility index (Phi) is 5.99. The molecule has 1 unspecified atom stereocenters. The highest BCUT2D eigenvalue weighted by Crippen LogP contribution is 2.42. The summed E-state index contributed by atoms with van der Waals surface area (Å²) in [4.78, 5) is 4.74. The molecular weight excluding hydrogens is 430 g/mol. The fourth-order valence-electron chi connectivity index (χ4n) is 4.20. The van der Waals surface area contributed by atoms with Gasteiger partial charge in [-0.05, 0) is 68.9 Å². The van der Waals surface area contributed by atoms with E-state index < -0.39 is 16.1 Å². The molecule has 0 aliphatic heterocycles. The molecule has 0 radical (unpaired) electrons. The van der Waals surface area contributed by atoms with Gasteiger partial charge in [0.15, 0.2) is 5.58 Å². The van der Waals surface area contributed by atoms with E-state index in [2.05, 4.69) is 28.1 Å². The van der Waals surface area contributed by atoms with Crippen LogP contribution in [-0.4, -0.2) is 19.4 Å². The molecule has 0 bridgehead atoms. The van der Waals surface area contributed by atoms with E-state index in [1.165, 1.54) is 18.4 Å². The number of nitrogens with zero attached hydrogens (tertiary/aromatic N) is 2. The third kappa shape index (κ3) is 4.69. The predicted molar refractivity (Wildman–Crippen MR) is 133 cm³/mol. The van der Waals surface area contributed by atoms with Crippen LogP contribution < -0.4 is 4.72 Å². The molecule has 1 aliphatic carbocycles. The van der Waals surface area contributed by atoms with E-state index in [1.807, 2.05) is 69.4 Å². The van der Waals surface area contributed by atoms with Crippen LogP contribution in [0.15, 0.2) is 71.4 Å². The van der Waals surface area contributed by atoms with Crippen LogP contribution in [-0.2, 0) is 17.8 Å². The Morgan fingerprint density at radius 3 is 2.61 bits per heavy atom. The Labute approximate surface area is 197 Å². The van der Waals surface area contributed by atoms with Gasteiger partial charge in [-0.15, -0.1) is 4.72 Å². The van der Waals surface area contributed by atoms with Gasteiger partial charge in [-0.1, -0.05) is 47.6 Å². The van der Waals surface area contributed by atoms with E-state index in [-0.39, 0.29) is 6.04 Å². The summed E-state index contributed by atoms with van der Waals surface area (Å²) in [6.07, 6.45) is 4.94. The maximum Gasteiger partial charge on any atom is 0.167 e. The highest BCUT2D eigenvalue weighted by molar-refractivity contribution is 7.90. The van der Waals surface area contributed by atoms with Gasteiger partial charge >= 0.3 is 0 Å². The second-order valence-corrected chi connectivity index (χ2v) is 11.7. The molecule has 2 heterocycles. The van der Waals surface area contributed by atoms with Gasteiger partial charge in [-0.25, -0.2) is 0 Å². The van der Waals surface area contributed by atoms with E-state index in [4.69, 9.17) is 9.51 Å². The Morgan fingerprint density at radius 2 is 1.82 bits per heavy atom. The van der Waals surface area contributed by atoms with Crippen LogP contribution in [0.1, 0.15) is 62.4 Å². The molecule has 2 aromatic heterocycles. The zero-order valence-corrected chi connectivity index (χ0v) is 20.1. The van der Waals surface area contributed by atoms with Crippen molar-refractivity contribution >= 4 is 22.3 Å². The largest absolute Gasteiger partial charge is 0.598 e. The summed E-state index contributed by atoms with van der Waals surface area (Å²) in [5.41, 5.74) is 5.97. The Balaban J connectivity index is 1.59. The van der Waals surface area contributed by atoms with Crippen molar-refractivity contribution in [1.82, 2.24) is 14.9 Å². The predicted octanol–water partition coefficient (Wildman–Crippen LogP) is 6.10. The van der Waals surface area contributed by atoms with E-state index in [1.54, 1.807) is 0 Å². The lowest BCUT2D eigenvalue weighted by Gasteiger charge is -2.29. The van der Waals surface area contributed by atoms with Crippen LogP contribution in [0.5, 0.6) is 0 Å². The first-order valence-electron chi connectivity index (χ1n) is 11.5. The first-order valence-corrected chi connectivity index (χ1v) is 12.6. The smallest absolute Gasteiger partial charge is 0.167 e. The average molecular weight is 460 g/mol. The molecular formula is C27H29N3O2S. The van der Waals surface area contributed by atoms with Crippen LogP contribution in [0.2, 0.25) is 0 Å². The lowest BCUT2D eigenvalue weighted by atomic mass is 9.93. The molecule has 2 aromatic carbocycles. The second kappa shape index (κ2) is 8.93. The third-order valence-corrected chi connectivity index (χ3v) is 7.73. The van der Waals surface area contributed by atoms with Gasteiger partial charge in [0.2, 0.25) is 0 Å². The fourth-order valence-corrected chi connectivity index (χ4v) is 5.02. The highest BCUT2D eigenvalue weighted by atomic mass is 32.2. The van der Waals surface area contributed by atoms with E-state index in [9.17, 15) is 4.55 Å². The highest BCUT2D eigenvalue weighted by Gasteiger charge is 2.33. The van der Waals surface area contributed by atoms with Crippen molar-refractivity contribution in [3.8, 4) is 11.3 Å². The minimum absolute atomic E-state index is 0.191. The van der Waals surface area contributed by atoms with Crippen molar-refractivity contribution < 1.29 is 9.08 Å². The average Bonchev–Trinajstić information content (AvgIpc) is 3.57. The van der Waals surface area contributed by atoms with Crippen molar-refractivity contribution in [1.29, 1.82) is 0 Å². The van der Waals surface area contributed by atoms with Gasteiger partial charge in [-0.3, -0.25) is 4.98 Å². The maximum atomic E-state index is 13.2. The number of rotatable bonds is 7. The SMILES string of the molecule is CC(C)(C)[S+]([O-])N[C@@H](Cc1ncccc1C1CC1)c1ccccc1-c1noc2ccccc12. The topological polar surface area (TPSA) is 74.0 Å². The van der Waals surface area contributed by atoms with Crippen molar-refractivity contribution in [3.63, 3.8) is 0 Å². The van der Waals surface area contributed by atoms with Gasteiger partial charge < -0.3 is 9.08 Å². The summed E-state index contributed by atoms with van der Waals surface area (Å²) in [7, 11) is 0. The molecule has 1 N–H and O–H groups in total. The van der Waals surface area contributed by atoms with Gasteiger partial charge in [0.05, 0.1) is 6.04 Å².